The zero-order chi connectivity index (χ0) is 9.30. The smallest absolute Gasteiger partial charge is 0.279 e. The van der Waals surface area contributed by atoms with Crippen molar-refractivity contribution in [3.63, 3.8) is 0 Å². The van der Waals surface area contributed by atoms with E-state index in [0.717, 1.165) is 6.20 Å². The van der Waals surface area contributed by atoms with E-state index in [2.05, 4.69) is 4.98 Å². The lowest BCUT2D eigenvalue weighted by molar-refractivity contribution is 0.145. The molecule has 0 aliphatic carbocycles. The van der Waals surface area contributed by atoms with E-state index in [1.165, 1.54) is 22.6 Å². The maximum Gasteiger partial charge on any atom is 0.279 e. The topological polar surface area (TPSA) is 32.9 Å². The average molecular weight is 305 g/mol. The van der Waals surface area contributed by atoms with Crippen LogP contribution in [0, 0.1) is 3.57 Å². The van der Waals surface area contributed by atoms with Crippen LogP contribution in [0.2, 0.25) is 5.02 Å². The van der Waals surface area contributed by atoms with Gasteiger partial charge in [-0.15, -0.1) is 0 Å². The zero-order valence-corrected chi connectivity index (χ0v) is 8.49. The van der Waals surface area contributed by atoms with Gasteiger partial charge in [-0.05, 0) is 22.6 Å². The quantitative estimate of drug-likeness (QED) is 0.795. The van der Waals surface area contributed by atoms with E-state index in [-0.39, 0.29) is 14.3 Å². The molecule has 0 bridgehead atoms. The number of hydrogen-bond donors (Lipinski definition) is 1. The summed E-state index contributed by atoms with van der Waals surface area (Å²) in [5.74, 6) is 0. The van der Waals surface area contributed by atoms with Gasteiger partial charge in [-0.3, -0.25) is 4.79 Å². The van der Waals surface area contributed by atoms with Gasteiger partial charge < -0.3 is 4.98 Å². The standard InChI is InChI=1S/C6H3ClF2INO/c7-2-1-11-4(6(8)9)3(10)5(2)12/h1,6H,(H,11,12). The molecule has 0 spiro atoms. The number of H-pyrrole nitrogens is 1. The first kappa shape index (κ1) is 9.91. The van der Waals surface area contributed by atoms with Crippen molar-refractivity contribution in [2.45, 2.75) is 6.43 Å². The van der Waals surface area contributed by atoms with Crippen molar-refractivity contribution in [1.29, 1.82) is 0 Å². The molecule has 0 aliphatic heterocycles. The van der Waals surface area contributed by atoms with Crippen molar-refractivity contribution in [2.24, 2.45) is 0 Å². The molecule has 6 heteroatoms. The SMILES string of the molecule is O=c1c(Cl)c[nH]c(C(F)F)c1I. The van der Waals surface area contributed by atoms with E-state index in [9.17, 15) is 13.6 Å². The van der Waals surface area contributed by atoms with Gasteiger partial charge in [-0.2, -0.15) is 0 Å². The Bertz CT molecular complexity index is 352. The summed E-state index contributed by atoms with van der Waals surface area (Å²) in [5, 5.41) is -0.0798. The van der Waals surface area contributed by atoms with Gasteiger partial charge in [0.25, 0.3) is 6.43 Å². The van der Waals surface area contributed by atoms with E-state index in [0.29, 0.717) is 0 Å². The third-order valence-corrected chi connectivity index (χ3v) is 2.58. The Hall–Kier alpha value is -0.170. The Morgan fingerprint density at radius 1 is 1.58 bits per heavy atom. The summed E-state index contributed by atoms with van der Waals surface area (Å²) in [7, 11) is 0. The molecular formula is C6H3ClF2INO. The van der Waals surface area contributed by atoms with E-state index >= 15 is 0 Å². The van der Waals surface area contributed by atoms with E-state index in [1.54, 1.807) is 0 Å². The number of rotatable bonds is 1. The minimum Gasteiger partial charge on any atom is -0.358 e. The maximum absolute atomic E-state index is 12.1. The molecule has 0 aromatic carbocycles. The van der Waals surface area contributed by atoms with E-state index in [1.807, 2.05) is 0 Å². The molecule has 66 valence electrons. The Kier molecular flexibility index (Phi) is 3.05. The van der Waals surface area contributed by atoms with Crippen molar-refractivity contribution in [3.8, 4) is 0 Å². The van der Waals surface area contributed by atoms with Gasteiger partial charge in [0.15, 0.2) is 0 Å². The molecule has 12 heavy (non-hydrogen) atoms. The number of aromatic nitrogens is 1. The van der Waals surface area contributed by atoms with Crippen molar-refractivity contribution >= 4 is 34.2 Å². The van der Waals surface area contributed by atoms with Crippen molar-refractivity contribution in [2.75, 3.05) is 0 Å². The normalized spacial score (nSPS) is 10.8. The van der Waals surface area contributed by atoms with Crippen LogP contribution in [-0.4, -0.2) is 4.98 Å². The van der Waals surface area contributed by atoms with Crippen LogP contribution in [0.25, 0.3) is 0 Å². The van der Waals surface area contributed by atoms with E-state index in [4.69, 9.17) is 11.6 Å². The summed E-state index contributed by atoms with van der Waals surface area (Å²) in [6, 6.07) is 0. The van der Waals surface area contributed by atoms with Gasteiger partial charge in [0.2, 0.25) is 5.43 Å². The lowest BCUT2D eigenvalue weighted by Gasteiger charge is -2.01. The Morgan fingerprint density at radius 3 is 2.67 bits per heavy atom. The van der Waals surface area contributed by atoms with Gasteiger partial charge >= 0.3 is 0 Å². The number of pyridine rings is 1. The molecule has 0 unspecified atom stereocenters. The molecular weight excluding hydrogens is 302 g/mol. The fourth-order valence-corrected chi connectivity index (χ4v) is 1.65. The van der Waals surface area contributed by atoms with Crippen LogP contribution in [0.3, 0.4) is 0 Å². The summed E-state index contributed by atoms with van der Waals surface area (Å²) in [5.41, 5.74) is -0.948. The highest BCUT2D eigenvalue weighted by atomic mass is 127. The van der Waals surface area contributed by atoms with Gasteiger partial charge in [0.1, 0.15) is 5.02 Å². The van der Waals surface area contributed by atoms with Gasteiger partial charge in [0, 0.05) is 6.20 Å². The van der Waals surface area contributed by atoms with Crippen LogP contribution < -0.4 is 5.43 Å². The lowest BCUT2D eigenvalue weighted by Crippen LogP contribution is -2.11. The van der Waals surface area contributed by atoms with Crippen LogP contribution >= 0.6 is 34.2 Å². The van der Waals surface area contributed by atoms with Crippen LogP contribution in [0.1, 0.15) is 12.1 Å². The number of halogens is 4. The largest absolute Gasteiger partial charge is 0.358 e. The van der Waals surface area contributed by atoms with Crippen molar-refractivity contribution in [1.82, 2.24) is 4.98 Å². The Labute approximate surface area is 85.1 Å². The molecule has 0 saturated carbocycles. The monoisotopic (exact) mass is 305 g/mol. The first-order chi connectivity index (χ1) is 5.54. The zero-order valence-electron chi connectivity index (χ0n) is 5.57. The summed E-state index contributed by atoms with van der Waals surface area (Å²) in [6.07, 6.45) is -1.62. The molecule has 1 aromatic heterocycles. The highest BCUT2D eigenvalue weighted by Gasteiger charge is 2.15. The Balaban J connectivity index is 3.37. The molecule has 0 fully saturated rings. The second kappa shape index (κ2) is 3.69. The number of hydrogen-bond acceptors (Lipinski definition) is 1. The van der Waals surface area contributed by atoms with Crippen molar-refractivity contribution in [3.05, 3.63) is 30.7 Å². The van der Waals surface area contributed by atoms with Crippen molar-refractivity contribution < 1.29 is 8.78 Å². The number of aromatic amines is 1. The Morgan fingerprint density at radius 2 is 2.17 bits per heavy atom. The fraction of sp³-hybridized carbons (Fsp3) is 0.167. The molecule has 2 nitrogen and oxygen atoms in total. The van der Waals surface area contributed by atoms with Crippen LogP contribution in [0.5, 0.6) is 0 Å². The first-order valence-corrected chi connectivity index (χ1v) is 4.34. The van der Waals surface area contributed by atoms with Crippen LogP contribution in [0.4, 0.5) is 8.78 Å². The minimum absolute atomic E-state index is 0.0601. The minimum atomic E-state index is -2.68. The highest BCUT2D eigenvalue weighted by Crippen LogP contribution is 2.20. The summed E-state index contributed by atoms with van der Waals surface area (Å²) in [6.45, 7) is 0. The number of alkyl halides is 2. The molecule has 1 rings (SSSR count). The summed E-state index contributed by atoms with van der Waals surface area (Å²) < 4.78 is 24.2. The second-order valence-corrected chi connectivity index (χ2v) is 3.48. The van der Waals surface area contributed by atoms with Gasteiger partial charge in [-0.25, -0.2) is 8.78 Å². The molecule has 0 aliphatic rings. The van der Waals surface area contributed by atoms with Gasteiger partial charge in [-0.1, -0.05) is 11.6 Å². The molecule has 0 amide bonds. The van der Waals surface area contributed by atoms with E-state index < -0.39 is 11.9 Å². The summed E-state index contributed by atoms with van der Waals surface area (Å²) >= 11 is 6.93. The predicted molar refractivity (Wildman–Crippen MR) is 49.7 cm³/mol. The predicted octanol–water partition coefficient (Wildman–Crippen LogP) is 2.57. The van der Waals surface area contributed by atoms with Gasteiger partial charge in [0.05, 0.1) is 9.26 Å². The van der Waals surface area contributed by atoms with Crippen LogP contribution in [0.15, 0.2) is 11.0 Å². The third kappa shape index (κ3) is 1.77. The molecule has 0 radical (unpaired) electrons. The summed E-state index contributed by atoms with van der Waals surface area (Å²) in [4.78, 5) is 13.3. The molecule has 1 N–H and O–H groups in total. The average Bonchev–Trinajstić information content (AvgIpc) is 2.00. The lowest BCUT2D eigenvalue weighted by atomic mass is 10.3. The first-order valence-electron chi connectivity index (χ1n) is 2.88. The molecule has 0 atom stereocenters. The second-order valence-electron chi connectivity index (χ2n) is 1.99. The third-order valence-electron chi connectivity index (χ3n) is 1.23. The number of nitrogens with one attached hydrogen (secondary N) is 1. The highest BCUT2D eigenvalue weighted by molar-refractivity contribution is 14.1. The van der Waals surface area contributed by atoms with Crippen LogP contribution in [-0.2, 0) is 0 Å². The molecule has 1 aromatic rings. The molecule has 1 heterocycles. The fourth-order valence-electron chi connectivity index (χ4n) is 0.656. The molecule has 0 saturated heterocycles. The maximum atomic E-state index is 12.1.